The number of aliphatic hydroxyl groups excluding tert-OH is 1. The minimum atomic E-state index is -1.34. The van der Waals surface area contributed by atoms with E-state index in [-0.39, 0.29) is 5.76 Å². The summed E-state index contributed by atoms with van der Waals surface area (Å²) >= 11 is 0. The SMILES string of the molecule is CC(C)(C)OC(=O)[C@@H](O)c1ccco1. The van der Waals surface area contributed by atoms with Crippen molar-refractivity contribution in [2.24, 2.45) is 0 Å². The van der Waals surface area contributed by atoms with Gasteiger partial charge in [0.2, 0.25) is 6.10 Å². The number of rotatable bonds is 2. The van der Waals surface area contributed by atoms with Crippen LogP contribution in [0.2, 0.25) is 0 Å². The van der Waals surface area contributed by atoms with Crippen molar-refractivity contribution in [1.82, 2.24) is 0 Å². The summed E-state index contributed by atoms with van der Waals surface area (Å²) in [6.45, 7) is 5.21. The first-order valence-electron chi connectivity index (χ1n) is 4.34. The largest absolute Gasteiger partial charge is 0.466 e. The van der Waals surface area contributed by atoms with Crippen LogP contribution in [-0.4, -0.2) is 16.7 Å². The zero-order valence-corrected chi connectivity index (χ0v) is 8.48. The van der Waals surface area contributed by atoms with Gasteiger partial charge in [-0.1, -0.05) is 0 Å². The zero-order chi connectivity index (χ0) is 10.8. The number of hydrogen-bond acceptors (Lipinski definition) is 4. The summed E-state index contributed by atoms with van der Waals surface area (Å²) in [4.78, 5) is 11.3. The van der Waals surface area contributed by atoms with Gasteiger partial charge in [-0.05, 0) is 32.9 Å². The van der Waals surface area contributed by atoms with Gasteiger partial charge in [-0.25, -0.2) is 4.79 Å². The first-order chi connectivity index (χ1) is 6.40. The van der Waals surface area contributed by atoms with Crippen LogP contribution in [0.15, 0.2) is 22.8 Å². The normalized spacial score (nSPS) is 13.7. The summed E-state index contributed by atoms with van der Waals surface area (Å²) in [5, 5.41) is 9.47. The van der Waals surface area contributed by atoms with E-state index in [0.29, 0.717) is 0 Å². The molecule has 0 spiro atoms. The van der Waals surface area contributed by atoms with Gasteiger partial charge >= 0.3 is 5.97 Å². The second-order valence-electron chi connectivity index (χ2n) is 3.95. The third-order valence-electron chi connectivity index (χ3n) is 1.44. The Hall–Kier alpha value is -1.29. The molecule has 4 nitrogen and oxygen atoms in total. The molecular weight excluding hydrogens is 184 g/mol. The molecule has 0 aliphatic heterocycles. The van der Waals surface area contributed by atoms with E-state index in [1.165, 1.54) is 12.3 Å². The third kappa shape index (κ3) is 2.88. The molecular formula is C10H14O4. The first kappa shape index (κ1) is 10.8. The third-order valence-corrected chi connectivity index (χ3v) is 1.44. The van der Waals surface area contributed by atoms with Crippen LogP contribution < -0.4 is 0 Å². The van der Waals surface area contributed by atoms with E-state index >= 15 is 0 Å². The van der Waals surface area contributed by atoms with Gasteiger partial charge < -0.3 is 14.3 Å². The summed E-state index contributed by atoms with van der Waals surface area (Å²) in [7, 11) is 0. The van der Waals surface area contributed by atoms with Crippen molar-refractivity contribution in [2.45, 2.75) is 32.5 Å². The quantitative estimate of drug-likeness (QED) is 0.734. The van der Waals surface area contributed by atoms with Crippen molar-refractivity contribution < 1.29 is 19.1 Å². The Labute approximate surface area is 82.5 Å². The van der Waals surface area contributed by atoms with Crippen LogP contribution in [-0.2, 0) is 9.53 Å². The number of hydrogen-bond donors (Lipinski definition) is 1. The minimum absolute atomic E-state index is 0.194. The number of carbonyl (C=O) groups excluding carboxylic acids is 1. The van der Waals surface area contributed by atoms with Crippen molar-refractivity contribution in [1.29, 1.82) is 0 Å². The van der Waals surface area contributed by atoms with E-state index in [0.717, 1.165) is 0 Å². The smallest absolute Gasteiger partial charge is 0.343 e. The highest BCUT2D eigenvalue weighted by Crippen LogP contribution is 2.18. The van der Waals surface area contributed by atoms with E-state index in [1.54, 1.807) is 26.8 Å². The van der Waals surface area contributed by atoms with Crippen molar-refractivity contribution in [3.63, 3.8) is 0 Å². The maximum absolute atomic E-state index is 11.3. The second-order valence-corrected chi connectivity index (χ2v) is 3.95. The molecule has 0 bridgehead atoms. The fraction of sp³-hybridized carbons (Fsp3) is 0.500. The molecule has 78 valence electrons. The topological polar surface area (TPSA) is 59.7 Å². The first-order valence-corrected chi connectivity index (χ1v) is 4.34. The molecule has 0 saturated carbocycles. The Morgan fingerprint density at radius 1 is 1.57 bits per heavy atom. The summed E-state index contributed by atoms with van der Waals surface area (Å²) in [5.74, 6) is -0.508. The van der Waals surface area contributed by atoms with E-state index in [4.69, 9.17) is 9.15 Å². The molecule has 1 heterocycles. The van der Waals surface area contributed by atoms with E-state index in [2.05, 4.69) is 0 Å². The number of aliphatic hydroxyl groups is 1. The fourth-order valence-electron chi connectivity index (χ4n) is 0.921. The summed E-state index contributed by atoms with van der Waals surface area (Å²) in [5.41, 5.74) is -0.606. The molecule has 0 aromatic carbocycles. The van der Waals surface area contributed by atoms with E-state index < -0.39 is 17.7 Å². The Morgan fingerprint density at radius 2 is 2.21 bits per heavy atom. The maximum atomic E-state index is 11.3. The number of carbonyl (C=O) groups is 1. The lowest BCUT2D eigenvalue weighted by atomic mass is 10.2. The Balaban J connectivity index is 2.63. The van der Waals surface area contributed by atoms with Crippen LogP contribution in [0.1, 0.15) is 32.6 Å². The average molecular weight is 198 g/mol. The molecule has 0 aliphatic carbocycles. The van der Waals surface area contributed by atoms with Gasteiger partial charge in [-0.15, -0.1) is 0 Å². The lowest BCUT2D eigenvalue weighted by molar-refractivity contribution is -0.166. The molecule has 1 N–H and O–H groups in total. The molecule has 4 heteroatoms. The highest BCUT2D eigenvalue weighted by Gasteiger charge is 2.26. The van der Waals surface area contributed by atoms with Crippen LogP contribution in [0.5, 0.6) is 0 Å². The highest BCUT2D eigenvalue weighted by atomic mass is 16.6. The summed E-state index contributed by atoms with van der Waals surface area (Å²) < 4.78 is 9.85. The van der Waals surface area contributed by atoms with Crippen LogP contribution in [0, 0.1) is 0 Å². The lowest BCUT2D eigenvalue weighted by Gasteiger charge is -2.20. The van der Waals surface area contributed by atoms with Crippen molar-refractivity contribution >= 4 is 5.97 Å². The number of esters is 1. The van der Waals surface area contributed by atoms with Crippen molar-refractivity contribution in [2.75, 3.05) is 0 Å². The summed E-state index contributed by atoms with van der Waals surface area (Å²) in [6.07, 6.45) is 0.0485. The van der Waals surface area contributed by atoms with E-state index in [1.807, 2.05) is 0 Å². The van der Waals surface area contributed by atoms with Crippen molar-refractivity contribution in [3.8, 4) is 0 Å². The molecule has 0 unspecified atom stereocenters. The lowest BCUT2D eigenvalue weighted by Crippen LogP contribution is -2.27. The number of furan rings is 1. The monoisotopic (exact) mass is 198 g/mol. The molecule has 0 saturated heterocycles. The molecule has 0 amide bonds. The predicted octanol–water partition coefficient (Wildman–Crippen LogP) is 1.65. The zero-order valence-electron chi connectivity index (χ0n) is 8.48. The van der Waals surface area contributed by atoms with Gasteiger partial charge in [0.25, 0.3) is 0 Å². The van der Waals surface area contributed by atoms with Crippen LogP contribution in [0.25, 0.3) is 0 Å². The van der Waals surface area contributed by atoms with Crippen LogP contribution in [0.4, 0.5) is 0 Å². The Bertz CT molecular complexity index is 294. The molecule has 0 aliphatic rings. The molecule has 1 aromatic rings. The Morgan fingerprint density at radius 3 is 2.64 bits per heavy atom. The van der Waals surface area contributed by atoms with Crippen LogP contribution in [0.3, 0.4) is 0 Å². The minimum Gasteiger partial charge on any atom is -0.466 e. The van der Waals surface area contributed by atoms with Gasteiger partial charge in [-0.3, -0.25) is 0 Å². The van der Waals surface area contributed by atoms with Gasteiger partial charge in [-0.2, -0.15) is 0 Å². The standard InChI is InChI=1S/C10H14O4/c1-10(2,3)14-9(12)8(11)7-5-4-6-13-7/h4-6,8,11H,1-3H3/t8-/m0/s1. The fourth-order valence-corrected chi connectivity index (χ4v) is 0.921. The van der Waals surface area contributed by atoms with Gasteiger partial charge in [0, 0.05) is 0 Å². The van der Waals surface area contributed by atoms with E-state index in [9.17, 15) is 9.90 Å². The van der Waals surface area contributed by atoms with Gasteiger partial charge in [0.05, 0.1) is 6.26 Å². The average Bonchev–Trinajstić information content (AvgIpc) is 2.51. The summed E-state index contributed by atoms with van der Waals surface area (Å²) in [6, 6.07) is 3.12. The van der Waals surface area contributed by atoms with Gasteiger partial charge in [0.1, 0.15) is 11.4 Å². The molecule has 1 atom stereocenters. The second kappa shape index (κ2) is 3.84. The predicted molar refractivity (Wildman–Crippen MR) is 49.5 cm³/mol. The molecule has 0 radical (unpaired) electrons. The Kier molecular flexibility index (Phi) is 2.96. The maximum Gasteiger partial charge on any atom is 0.343 e. The van der Waals surface area contributed by atoms with Gasteiger partial charge in [0.15, 0.2) is 0 Å². The molecule has 1 aromatic heterocycles. The molecule has 1 rings (SSSR count). The van der Waals surface area contributed by atoms with Crippen LogP contribution >= 0.6 is 0 Å². The number of ether oxygens (including phenoxy) is 1. The molecule has 14 heavy (non-hydrogen) atoms. The molecule has 0 fully saturated rings. The highest BCUT2D eigenvalue weighted by molar-refractivity contribution is 5.75. The van der Waals surface area contributed by atoms with Crippen molar-refractivity contribution in [3.05, 3.63) is 24.2 Å².